The van der Waals surface area contributed by atoms with E-state index in [4.69, 9.17) is 0 Å². The Kier molecular flexibility index (Phi) is 3.27. The van der Waals surface area contributed by atoms with E-state index in [1.165, 1.54) is 0 Å². The lowest BCUT2D eigenvalue weighted by atomic mass is 10.3. The number of rotatable bonds is 3. The van der Waals surface area contributed by atoms with E-state index in [1.807, 2.05) is 38.2 Å². The molecule has 2 heterocycles. The number of hydrogen-bond acceptors (Lipinski definition) is 2. The van der Waals surface area contributed by atoms with Crippen molar-refractivity contribution in [1.29, 1.82) is 0 Å². The van der Waals surface area contributed by atoms with Gasteiger partial charge in [-0.1, -0.05) is 0 Å². The van der Waals surface area contributed by atoms with Crippen LogP contribution in [0, 0.1) is 0 Å². The molecule has 5 heteroatoms. The number of fused-ring (bicyclic) bond motifs is 1. The number of hydrogen-bond donors (Lipinski definition) is 1. The highest BCUT2D eigenvalue weighted by Crippen LogP contribution is 2.11. The first-order chi connectivity index (χ1) is 8.24. The van der Waals surface area contributed by atoms with Crippen molar-refractivity contribution in [3.05, 3.63) is 30.6 Å². The largest absolute Gasteiger partial charge is 0.325 e. The summed E-state index contributed by atoms with van der Waals surface area (Å²) in [7, 11) is 0. The van der Waals surface area contributed by atoms with Crippen LogP contribution >= 0.6 is 0 Å². The third-order valence-corrected chi connectivity index (χ3v) is 2.70. The first-order valence-electron chi connectivity index (χ1n) is 5.74. The monoisotopic (exact) mass is 232 g/mol. The third kappa shape index (κ3) is 2.38. The molecule has 90 valence electrons. The Bertz CT molecular complexity index is 516. The van der Waals surface area contributed by atoms with E-state index in [-0.39, 0.29) is 6.03 Å². The van der Waals surface area contributed by atoms with Gasteiger partial charge >= 0.3 is 6.03 Å². The van der Waals surface area contributed by atoms with E-state index in [1.54, 1.807) is 15.6 Å². The van der Waals surface area contributed by atoms with Gasteiger partial charge in [-0.05, 0) is 32.0 Å². The van der Waals surface area contributed by atoms with Gasteiger partial charge in [0.15, 0.2) is 0 Å². The van der Waals surface area contributed by atoms with Crippen LogP contribution in [0.15, 0.2) is 30.6 Å². The van der Waals surface area contributed by atoms with Crippen LogP contribution in [0.5, 0.6) is 0 Å². The van der Waals surface area contributed by atoms with Gasteiger partial charge in [0.25, 0.3) is 0 Å². The molecule has 1 N–H and O–H groups in total. The number of carbonyl (C=O) groups is 1. The van der Waals surface area contributed by atoms with Crippen LogP contribution in [0.4, 0.5) is 10.5 Å². The highest BCUT2D eigenvalue weighted by Gasteiger charge is 2.09. The molecule has 2 aromatic heterocycles. The molecule has 0 unspecified atom stereocenters. The number of nitrogens with zero attached hydrogens (tertiary/aromatic N) is 3. The van der Waals surface area contributed by atoms with Crippen molar-refractivity contribution in [2.24, 2.45) is 0 Å². The summed E-state index contributed by atoms with van der Waals surface area (Å²) in [6, 6.07) is 5.56. The van der Waals surface area contributed by atoms with E-state index in [9.17, 15) is 4.79 Å². The summed E-state index contributed by atoms with van der Waals surface area (Å²) in [5.41, 5.74) is 1.75. The van der Waals surface area contributed by atoms with E-state index in [2.05, 4.69) is 10.4 Å². The standard InChI is InChI=1S/C12H16N4O/c1-3-15(4-2)12(17)14-10-6-8-16-11(9-10)5-7-13-16/h5-9H,3-4H2,1-2H3,(H,14,17). The van der Waals surface area contributed by atoms with Crippen LogP contribution in [0.1, 0.15) is 13.8 Å². The van der Waals surface area contributed by atoms with Gasteiger partial charge in [-0.25, -0.2) is 9.31 Å². The van der Waals surface area contributed by atoms with E-state index in [0.29, 0.717) is 13.1 Å². The summed E-state index contributed by atoms with van der Waals surface area (Å²) >= 11 is 0. The summed E-state index contributed by atoms with van der Waals surface area (Å²) in [5.74, 6) is 0. The summed E-state index contributed by atoms with van der Waals surface area (Å²) in [4.78, 5) is 13.6. The molecule has 0 bridgehead atoms. The quantitative estimate of drug-likeness (QED) is 0.882. The second kappa shape index (κ2) is 4.86. The van der Waals surface area contributed by atoms with Crippen LogP contribution in [0.2, 0.25) is 0 Å². The van der Waals surface area contributed by atoms with Crippen LogP contribution in [0.3, 0.4) is 0 Å². The molecule has 0 aliphatic heterocycles. The van der Waals surface area contributed by atoms with Gasteiger partial charge in [0.05, 0.1) is 5.52 Å². The maximum absolute atomic E-state index is 11.8. The summed E-state index contributed by atoms with van der Waals surface area (Å²) in [6.07, 6.45) is 3.55. The molecular formula is C12H16N4O. The minimum atomic E-state index is -0.0705. The molecule has 0 atom stereocenters. The Morgan fingerprint density at radius 3 is 2.88 bits per heavy atom. The second-order valence-corrected chi connectivity index (χ2v) is 3.72. The van der Waals surface area contributed by atoms with Crippen LogP contribution in [0.25, 0.3) is 5.52 Å². The Morgan fingerprint density at radius 1 is 1.41 bits per heavy atom. The predicted molar refractivity (Wildman–Crippen MR) is 67.1 cm³/mol. The van der Waals surface area contributed by atoms with Crippen LogP contribution in [-0.2, 0) is 0 Å². The molecule has 2 amide bonds. The molecule has 2 rings (SSSR count). The number of amides is 2. The molecular weight excluding hydrogens is 216 g/mol. The predicted octanol–water partition coefficient (Wildman–Crippen LogP) is 2.21. The average molecular weight is 232 g/mol. The summed E-state index contributed by atoms with van der Waals surface area (Å²) in [5, 5.41) is 6.97. The molecule has 0 spiro atoms. The molecule has 17 heavy (non-hydrogen) atoms. The lowest BCUT2D eigenvalue weighted by Crippen LogP contribution is -2.34. The lowest BCUT2D eigenvalue weighted by Gasteiger charge is -2.19. The Labute approximate surface area is 100 Å². The first kappa shape index (κ1) is 11.4. The fraction of sp³-hybridized carbons (Fsp3) is 0.333. The summed E-state index contributed by atoms with van der Waals surface area (Å²) < 4.78 is 1.76. The number of aromatic nitrogens is 2. The van der Waals surface area contributed by atoms with Crippen molar-refractivity contribution in [2.45, 2.75) is 13.8 Å². The van der Waals surface area contributed by atoms with Crippen molar-refractivity contribution in [3.8, 4) is 0 Å². The number of carbonyl (C=O) groups excluding carboxylic acids is 1. The second-order valence-electron chi connectivity index (χ2n) is 3.72. The smallest absolute Gasteiger partial charge is 0.321 e. The van der Waals surface area contributed by atoms with Gasteiger partial charge in [0.1, 0.15) is 0 Å². The molecule has 0 radical (unpaired) electrons. The molecule has 0 saturated heterocycles. The van der Waals surface area contributed by atoms with Crippen molar-refractivity contribution in [1.82, 2.24) is 14.5 Å². The highest BCUT2D eigenvalue weighted by molar-refractivity contribution is 5.89. The SMILES string of the molecule is CCN(CC)C(=O)Nc1ccn2nccc2c1. The van der Waals surface area contributed by atoms with Gasteiger partial charge in [0.2, 0.25) is 0 Å². The normalized spacial score (nSPS) is 10.5. The lowest BCUT2D eigenvalue weighted by molar-refractivity contribution is 0.217. The molecule has 2 aromatic rings. The van der Waals surface area contributed by atoms with E-state index >= 15 is 0 Å². The number of anilines is 1. The molecule has 0 saturated carbocycles. The minimum Gasteiger partial charge on any atom is -0.325 e. The fourth-order valence-corrected chi connectivity index (χ4v) is 1.71. The first-order valence-corrected chi connectivity index (χ1v) is 5.74. The van der Waals surface area contributed by atoms with Gasteiger partial charge in [-0.15, -0.1) is 0 Å². The van der Waals surface area contributed by atoms with Gasteiger partial charge in [-0.2, -0.15) is 5.10 Å². The molecule has 5 nitrogen and oxygen atoms in total. The van der Waals surface area contributed by atoms with Crippen molar-refractivity contribution >= 4 is 17.2 Å². The summed E-state index contributed by atoms with van der Waals surface area (Å²) in [6.45, 7) is 5.33. The van der Waals surface area contributed by atoms with Crippen LogP contribution in [-0.4, -0.2) is 33.6 Å². The molecule has 0 aliphatic rings. The van der Waals surface area contributed by atoms with Gasteiger partial charge in [0, 0.05) is 31.2 Å². The van der Waals surface area contributed by atoms with Gasteiger partial charge < -0.3 is 10.2 Å². The Hall–Kier alpha value is -2.04. The zero-order valence-corrected chi connectivity index (χ0v) is 10.1. The maximum atomic E-state index is 11.8. The highest BCUT2D eigenvalue weighted by atomic mass is 16.2. The molecule has 0 aromatic carbocycles. The van der Waals surface area contributed by atoms with Crippen LogP contribution < -0.4 is 5.32 Å². The Balaban J connectivity index is 2.14. The number of urea groups is 1. The molecule has 0 fully saturated rings. The average Bonchev–Trinajstić information content (AvgIpc) is 2.77. The van der Waals surface area contributed by atoms with Crippen molar-refractivity contribution in [2.75, 3.05) is 18.4 Å². The fourth-order valence-electron chi connectivity index (χ4n) is 1.71. The maximum Gasteiger partial charge on any atom is 0.321 e. The Morgan fingerprint density at radius 2 is 2.18 bits per heavy atom. The van der Waals surface area contributed by atoms with E-state index < -0.39 is 0 Å². The minimum absolute atomic E-state index is 0.0705. The zero-order chi connectivity index (χ0) is 12.3. The van der Waals surface area contributed by atoms with Crippen molar-refractivity contribution in [3.63, 3.8) is 0 Å². The molecule has 0 aliphatic carbocycles. The van der Waals surface area contributed by atoms with Crippen molar-refractivity contribution < 1.29 is 4.79 Å². The zero-order valence-electron chi connectivity index (χ0n) is 10.1. The topological polar surface area (TPSA) is 49.6 Å². The van der Waals surface area contributed by atoms with E-state index in [0.717, 1.165) is 11.2 Å². The number of pyridine rings is 1. The third-order valence-electron chi connectivity index (χ3n) is 2.70. The number of nitrogens with one attached hydrogen (secondary N) is 1. The van der Waals surface area contributed by atoms with Gasteiger partial charge in [-0.3, -0.25) is 0 Å².